The van der Waals surface area contributed by atoms with Gasteiger partial charge in [-0.2, -0.15) is 0 Å². The molecule has 0 saturated heterocycles. The zero-order valence-electron chi connectivity index (χ0n) is 7.84. The summed E-state index contributed by atoms with van der Waals surface area (Å²) >= 11 is 1.66. The van der Waals surface area contributed by atoms with E-state index in [1.165, 1.54) is 4.88 Å². The number of aryl methyl sites for hydroxylation is 1. The molecule has 2 N–H and O–H groups in total. The zero-order valence-corrected chi connectivity index (χ0v) is 8.66. The Morgan fingerprint density at radius 1 is 1.57 bits per heavy atom. The van der Waals surface area contributed by atoms with Crippen LogP contribution in [0.15, 0.2) is 30.6 Å². The van der Waals surface area contributed by atoms with E-state index in [1.54, 1.807) is 17.7 Å². The molecule has 0 amide bonds. The Balaban J connectivity index is 2.21. The number of nitrogens with zero attached hydrogens (tertiary/aromatic N) is 2. The van der Waals surface area contributed by atoms with Crippen LogP contribution in [0.4, 0.5) is 0 Å². The fourth-order valence-electron chi connectivity index (χ4n) is 1.15. The summed E-state index contributed by atoms with van der Waals surface area (Å²) in [6.07, 6.45) is 5.64. The van der Waals surface area contributed by atoms with Crippen molar-refractivity contribution >= 4 is 23.4 Å². The van der Waals surface area contributed by atoms with Gasteiger partial charge in [0.15, 0.2) is 0 Å². The molecule has 2 aromatic heterocycles. The summed E-state index contributed by atoms with van der Waals surface area (Å²) in [6, 6.07) is 5.69. The third-order valence-electron chi connectivity index (χ3n) is 1.79. The standard InChI is InChI=1S/C10H11N3S/c1-8-6-13(14-8)7-9(11)10-4-2-3-5-12-10/h2-7H,11H2,1H3/b9-7-. The van der Waals surface area contributed by atoms with Crippen molar-refractivity contribution in [1.29, 1.82) is 0 Å². The Hall–Kier alpha value is -1.55. The molecule has 0 unspecified atom stereocenters. The first-order valence-electron chi connectivity index (χ1n) is 4.29. The van der Waals surface area contributed by atoms with Crippen LogP contribution in [-0.4, -0.2) is 8.94 Å². The summed E-state index contributed by atoms with van der Waals surface area (Å²) in [5.74, 6) is 0. The number of nitrogens with two attached hydrogens (primary N) is 1. The summed E-state index contributed by atoms with van der Waals surface area (Å²) in [7, 11) is 0. The minimum Gasteiger partial charge on any atom is -0.396 e. The molecule has 2 rings (SSSR count). The molecule has 0 aliphatic carbocycles. The zero-order chi connectivity index (χ0) is 9.97. The third kappa shape index (κ3) is 1.85. The second kappa shape index (κ2) is 3.67. The van der Waals surface area contributed by atoms with E-state index < -0.39 is 0 Å². The summed E-state index contributed by atoms with van der Waals surface area (Å²) in [4.78, 5) is 5.45. The molecule has 0 radical (unpaired) electrons. The summed E-state index contributed by atoms with van der Waals surface area (Å²) in [6.45, 7) is 2.06. The highest BCUT2D eigenvalue weighted by molar-refractivity contribution is 7.08. The van der Waals surface area contributed by atoms with Gasteiger partial charge in [0, 0.05) is 23.5 Å². The molecule has 0 atom stereocenters. The van der Waals surface area contributed by atoms with Gasteiger partial charge >= 0.3 is 0 Å². The predicted octanol–water partition coefficient (Wildman–Crippen LogP) is 2.17. The van der Waals surface area contributed by atoms with Crippen molar-refractivity contribution in [1.82, 2.24) is 8.94 Å². The number of aromatic nitrogens is 2. The molecule has 0 aromatic carbocycles. The van der Waals surface area contributed by atoms with E-state index in [4.69, 9.17) is 5.73 Å². The van der Waals surface area contributed by atoms with Crippen molar-refractivity contribution in [3.8, 4) is 0 Å². The quantitative estimate of drug-likeness (QED) is 0.816. The maximum Gasteiger partial charge on any atom is 0.0874 e. The molecular weight excluding hydrogens is 194 g/mol. The minimum atomic E-state index is 0.682. The van der Waals surface area contributed by atoms with Crippen molar-refractivity contribution in [3.63, 3.8) is 0 Å². The minimum absolute atomic E-state index is 0.682. The molecule has 0 aliphatic heterocycles. The van der Waals surface area contributed by atoms with Gasteiger partial charge in [0.05, 0.1) is 11.4 Å². The molecule has 0 spiro atoms. The van der Waals surface area contributed by atoms with Crippen LogP contribution in [0, 0.1) is 6.92 Å². The number of hydrogen-bond acceptors (Lipinski definition) is 3. The van der Waals surface area contributed by atoms with Crippen molar-refractivity contribution in [2.75, 3.05) is 0 Å². The highest BCUT2D eigenvalue weighted by Gasteiger charge is 1.98. The van der Waals surface area contributed by atoms with Crippen LogP contribution in [0.25, 0.3) is 11.9 Å². The molecule has 4 heteroatoms. The van der Waals surface area contributed by atoms with Crippen LogP contribution >= 0.6 is 11.5 Å². The molecule has 72 valence electrons. The van der Waals surface area contributed by atoms with Gasteiger partial charge < -0.3 is 5.73 Å². The summed E-state index contributed by atoms with van der Waals surface area (Å²) in [5, 5.41) is 0. The highest BCUT2D eigenvalue weighted by atomic mass is 32.1. The van der Waals surface area contributed by atoms with Gasteiger partial charge in [0.25, 0.3) is 0 Å². The lowest BCUT2D eigenvalue weighted by molar-refractivity contribution is 1.20. The fraction of sp³-hybridized carbons (Fsp3) is 0.100. The number of rotatable bonds is 2. The van der Waals surface area contributed by atoms with Gasteiger partial charge in [-0.1, -0.05) is 17.6 Å². The Morgan fingerprint density at radius 2 is 2.36 bits per heavy atom. The average molecular weight is 205 g/mol. The van der Waals surface area contributed by atoms with Crippen LogP contribution < -0.4 is 5.73 Å². The lowest BCUT2D eigenvalue weighted by Crippen LogP contribution is -2.01. The van der Waals surface area contributed by atoms with E-state index in [9.17, 15) is 0 Å². The number of hydrogen-bond donors (Lipinski definition) is 1. The highest BCUT2D eigenvalue weighted by Crippen LogP contribution is 2.14. The fourth-order valence-corrected chi connectivity index (χ4v) is 1.86. The van der Waals surface area contributed by atoms with Crippen LogP contribution in [0.5, 0.6) is 0 Å². The molecule has 0 saturated carbocycles. The van der Waals surface area contributed by atoms with E-state index in [-0.39, 0.29) is 0 Å². The lowest BCUT2D eigenvalue weighted by Gasteiger charge is -2.07. The number of pyridine rings is 1. The normalized spacial score (nSPS) is 11.9. The lowest BCUT2D eigenvalue weighted by atomic mass is 10.3. The third-order valence-corrected chi connectivity index (χ3v) is 2.60. The second-order valence-electron chi connectivity index (χ2n) is 2.99. The SMILES string of the molecule is Cc1cn(/C=C(\N)c2ccccn2)s1. The van der Waals surface area contributed by atoms with Gasteiger partial charge in [-0.25, -0.2) is 0 Å². The van der Waals surface area contributed by atoms with Crippen molar-refractivity contribution in [2.24, 2.45) is 5.73 Å². The monoisotopic (exact) mass is 205 g/mol. The Morgan fingerprint density at radius 3 is 2.93 bits per heavy atom. The molecule has 14 heavy (non-hydrogen) atoms. The topological polar surface area (TPSA) is 43.8 Å². The maximum atomic E-state index is 5.87. The van der Waals surface area contributed by atoms with Crippen LogP contribution in [0.1, 0.15) is 10.6 Å². The first kappa shape index (κ1) is 9.02. The molecule has 2 heterocycles. The van der Waals surface area contributed by atoms with Gasteiger partial charge in [-0.05, 0) is 19.1 Å². The molecule has 0 aliphatic rings. The van der Waals surface area contributed by atoms with E-state index in [0.717, 1.165) is 5.69 Å². The van der Waals surface area contributed by atoms with Crippen molar-refractivity contribution in [3.05, 3.63) is 41.2 Å². The van der Waals surface area contributed by atoms with Crippen molar-refractivity contribution < 1.29 is 0 Å². The average Bonchev–Trinajstić information content (AvgIpc) is 2.17. The van der Waals surface area contributed by atoms with E-state index in [1.807, 2.05) is 34.6 Å². The Kier molecular flexibility index (Phi) is 2.37. The van der Waals surface area contributed by atoms with Crippen molar-refractivity contribution in [2.45, 2.75) is 6.92 Å². The van der Waals surface area contributed by atoms with Crippen LogP contribution in [-0.2, 0) is 0 Å². The molecule has 0 bridgehead atoms. The second-order valence-corrected chi connectivity index (χ2v) is 4.24. The summed E-state index contributed by atoms with van der Waals surface area (Å²) < 4.78 is 1.97. The van der Waals surface area contributed by atoms with E-state index >= 15 is 0 Å². The first-order chi connectivity index (χ1) is 6.75. The summed E-state index contributed by atoms with van der Waals surface area (Å²) in [5.41, 5.74) is 7.36. The van der Waals surface area contributed by atoms with Gasteiger partial charge in [-0.3, -0.25) is 8.94 Å². The molecular formula is C10H11N3S. The molecule has 3 nitrogen and oxygen atoms in total. The van der Waals surface area contributed by atoms with E-state index in [0.29, 0.717) is 5.70 Å². The Labute approximate surface area is 86.7 Å². The van der Waals surface area contributed by atoms with Crippen LogP contribution in [0.2, 0.25) is 0 Å². The maximum absolute atomic E-state index is 5.87. The predicted molar refractivity (Wildman–Crippen MR) is 59.6 cm³/mol. The smallest absolute Gasteiger partial charge is 0.0874 e. The molecule has 2 aromatic rings. The van der Waals surface area contributed by atoms with Gasteiger partial charge in [-0.15, -0.1) is 0 Å². The Bertz CT molecular complexity index is 427. The van der Waals surface area contributed by atoms with Gasteiger partial charge in [0.1, 0.15) is 0 Å². The largest absolute Gasteiger partial charge is 0.396 e. The first-order valence-corrected chi connectivity index (χ1v) is 5.06. The molecule has 0 fully saturated rings. The van der Waals surface area contributed by atoms with Crippen LogP contribution in [0.3, 0.4) is 0 Å². The van der Waals surface area contributed by atoms with E-state index in [2.05, 4.69) is 11.9 Å². The van der Waals surface area contributed by atoms with Gasteiger partial charge in [0.2, 0.25) is 0 Å².